The van der Waals surface area contributed by atoms with Crippen LogP contribution in [0.5, 0.6) is 5.75 Å². The summed E-state index contributed by atoms with van der Waals surface area (Å²) in [5.74, 6) is 1.14. The molecule has 0 bridgehead atoms. The number of nitrogens with one attached hydrogen (secondary N) is 1. The van der Waals surface area contributed by atoms with Crippen LogP contribution in [0.2, 0.25) is 0 Å². The number of nitrogens with zero attached hydrogens (tertiary/aromatic N) is 2. The Morgan fingerprint density at radius 2 is 1.96 bits per heavy atom. The Labute approximate surface area is 138 Å². The number of hydrogen-bond donors (Lipinski definition) is 1. The third kappa shape index (κ3) is 3.92. The van der Waals surface area contributed by atoms with Crippen molar-refractivity contribution in [2.24, 2.45) is 0 Å². The minimum atomic E-state index is -0.102. The molecule has 5 nitrogen and oxygen atoms in total. The molecule has 0 saturated heterocycles. The van der Waals surface area contributed by atoms with E-state index in [1.807, 2.05) is 47.2 Å². The Morgan fingerprint density at radius 3 is 2.57 bits per heavy atom. The summed E-state index contributed by atoms with van der Waals surface area (Å²) in [6, 6.07) is 13.1. The smallest absolute Gasteiger partial charge is 0.230 e. The maximum absolute atomic E-state index is 11.9. The van der Waals surface area contributed by atoms with Crippen molar-refractivity contribution in [1.29, 1.82) is 0 Å². The van der Waals surface area contributed by atoms with Crippen molar-refractivity contribution in [2.75, 3.05) is 12.4 Å². The molecule has 0 aliphatic carbocycles. The van der Waals surface area contributed by atoms with E-state index in [0.29, 0.717) is 12.2 Å². The third-order valence-corrected chi connectivity index (χ3v) is 3.99. The number of amides is 1. The molecule has 3 rings (SSSR count). The van der Waals surface area contributed by atoms with Crippen LogP contribution in [0, 0.1) is 0 Å². The molecule has 2 heterocycles. The van der Waals surface area contributed by atoms with Crippen molar-refractivity contribution < 1.29 is 9.53 Å². The van der Waals surface area contributed by atoms with Gasteiger partial charge >= 0.3 is 0 Å². The maximum Gasteiger partial charge on any atom is 0.230 e. The zero-order valence-corrected chi connectivity index (χ0v) is 13.3. The molecule has 1 N–H and O–H groups in total. The van der Waals surface area contributed by atoms with Gasteiger partial charge in [-0.05, 0) is 58.8 Å². The first-order chi connectivity index (χ1) is 11.2. The van der Waals surface area contributed by atoms with Crippen LogP contribution in [0.1, 0.15) is 5.56 Å². The summed E-state index contributed by atoms with van der Waals surface area (Å²) in [7, 11) is 1.63. The Hall–Kier alpha value is -2.73. The average molecular weight is 325 g/mol. The zero-order chi connectivity index (χ0) is 16.1. The first-order valence-corrected chi connectivity index (χ1v) is 7.98. The molecular formula is C17H15N3O2S. The second-order valence-corrected chi connectivity index (χ2v) is 5.67. The molecule has 2 aromatic heterocycles. The van der Waals surface area contributed by atoms with Gasteiger partial charge in [0.1, 0.15) is 5.75 Å². The van der Waals surface area contributed by atoms with Gasteiger partial charge in [0.15, 0.2) is 5.82 Å². The molecule has 0 fully saturated rings. The molecule has 1 amide bonds. The standard InChI is InChI=1S/C17H15N3O2S/c1-22-14-4-2-13(3-5-14)15-6-7-16(20-19-15)18-17(21)10-12-8-9-23-11-12/h2-9,11H,10H2,1H3,(H,18,20,21). The van der Waals surface area contributed by atoms with Gasteiger partial charge in [-0.2, -0.15) is 11.3 Å². The lowest BCUT2D eigenvalue weighted by Gasteiger charge is -2.05. The molecular weight excluding hydrogens is 310 g/mol. The maximum atomic E-state index is 11.9. The number of carbonyl (C=O) groups is 1. The molecule has 3 aromatic rings. The highest BCUT2D eigenvalue weighted by molar-refractivity contribution is 7.08. The van der Waals surface area contributed by atoms with Crippen molar-refractivity contribution in [3.8, 4) is 17.0 Å². The van der Waals surface area contributed by atoms with Gasteiger partial charge in [0.2, 0.25) is 5.91 Å². The summed E-state index contributed by atoms with van der Waals surface area (Å²) in [6.07, 6.45) is 0.339. The van der Waals surface area contributed by atoms with E-state index in [4.69, 9.17) is 4.74 Å². The molecule has 116 valence electrons. The second-order valence-electron chi connectivity index (χ2n) is 4.89. The topological polar surface area (TPSA) is 64.1 Å². The molecule has 0 atom stereocenters. The van der Waals surface area contributed by atoms with Gasteiger partial charge in [-0.3, -0.25) is 4.79 Å². The summed E-state index contributed by atoms with van der Waals surface area (Å²) >= 11 is 1.57. The fourth-order valence-electron chi connectivity index (χ4n) is 2.08. The Morgan fingerprint density at radius 1 is 1.13 bits per heavy atom. The summed E-state index contributed by atoms with van der Waals surface area (Å²) in [5.41, 5.74) is 2.67. The number of ether oxygens (including phenoxy) is 1. The predicted molar refractivity (Wildman–Crippen MR) is 90.7 cm³/mol. The van der Waals surface area contributed by atoms with Crippen molar-refractivity contribution in [1.82, 2.24) is 10.2 Å². The lowest BCUT2D eigenvalue weighted by Crippen LogP contribution is -2.15. The van der Waals surface area contributed by atoms with E-state index in [2.05, 4.69) is 15.5 Å². The van der Waals surface area contributed by atoms with Crippen LogP contribution in [0.3, 0.4) is 0 Å². The zero-order valence-electron chi connectivity index (χ0n) is 12.5. The van der Waals surface area contributed by atoms with Crippen LogP contribution in [0.4, 0.5) is 5.82 Å². The minimum absolute atomic E-state index is 0.102. The summed E-state index contributed by atoms with van der Waals surface area (Å²) in [4.78, 5) is 11.9. The number of rotatable bonds is 5. The monoisotopic (exact) mass is 325 g/mol. The van der Waals surface area contributed by atoms with Crippen molar-refractivity contribution in [3.05, 3.63) is 58.8 Å². The molecule has 1 aromatic carbocycles. The summed E-state index contributed by atoms with van der Waals surface area (Å²) in [6.45, 7) is 0. The molecule has 0 saturated carbocycles. The quantitative estimate of drug-likeness (QED) is 0.781. The lowest BCUT2D eigenvalue weighted by atomic mass is 10.1. The van der Waals surface area contributed by atoms with Crippen LogP contribution in [0.15, 0.2) is 53.2 Å². The van der Waals surface area contributed by atoms with E-state index in [9.17, 15) is 4.79 Å². The van der Waals surface area contributed by atoms with E-state index >= 15 is 0 Å². The second kappa shape index (κ2) is 7.02. The number of hydrogen-bond acceptors (Lipinski definition) is 5. The van der Waals surface area contributed by atoms with Gasteiger partial charge in [0.25, 0.3) is 0 Å². The van der Waals surface area contributed by atoms with E-state index in [1.54, 1.807) is 24.5 Å². The van der Waals surface area contributed by atoms with Gasteiger partial charge in [-0.25, -0.2) is 0 Å². The molecule has 0 spiro atoms. The Kier molecular flexibility index (Phi) is 4.63. The van der Waals surface area contributed by atoms with E-state index < -0.39 is 0 Å². The average Bonchev–Trinajstić information content (AvgIpc) is 3.08. The molecule has 6 heteroatoms. The fraction of sp³-hybridized carbons (Fsp3) is 0.118. The Bertz CT molecular complexity index is 769. The van der Waals surface area contributed by atoms with Crippen LogP contribution < -0.4 is 10.1 Å². The fourth-order valence-corrected chi connectivity index (χ4v) is 2.75. The summed E-state index contributed by atoms with van der Waals surface area (Å²) in [5, 5.41) is 14.9. The van der Waals surface area contributed by atoms with E-state index in [-0.39, 0.29) is 5.91 Å². The van der Waals surface area contributed by atoms with Gasteiger partial charge in [0.05, 0.1) is 19.2 Å². The number of anilines is 1. The summed E-state index contributed by atoms with van der Waals surface area (Å²) < 4.78 is 5.13. The van der Waals surface area contributed by atoms with E-state index in [0.717, 1.165) is 22.6 Å². The molecule has 0 aliphatic heterocycles. The highest BCUT2D eigenvalue weighted by atomic mass is 32.1. The number of carbonyl (C=O) groups excluding carboxylic acids is 1. The normalized spacial score (nSPS) is 10.3. The van der Waals surface area contributed by atoms with Gasteiger partial charge in [0, 0.05) is 5.56 Å². The van der Waals surface area contributed by atoms with Crippen LogP contribution in [0.25, 0.3) is 11.3 Å². The molecule has 23 heavy (non-hydrogen) atoms. The number of thiophene rings is 1. The van der Waals surface area contributed by atoms with Crippen LogP contribution in [-0.2, 0) is 11.2 Å². The highest BCUT2D eigenvalue weighted by Gasteiger charge is 2.07. The largest absolute Gasteiger partial charge is 0.497 e. The predicted octanol–water partition coefficient (Wildman–Crippen LogP) is 3.39. The molecule has 0 radical (unpaired) electrons. The molecule has 0 aliphatic rings. The SMILES string of the molecule is COc1ccc(-c2ccc(NC(=O)Cc3ccsc3)nn2)cc1. The van der Waals surface area contributed by atoms with Crippen molar-refractivity contribution in [2.45, 2.75) is 6.42 Å². The molecule has 0 unspecified atom stereocenters. The number of methoxy groups -OCH3 is 1. The number of aromatic nitrogens is 2. The van der Waals surface area contributed by atoms with Gasteiger partial charge in [-0.1, -0.05) is 0 Å². The number of benzene rings is 1. The van der Waals surface area contributed by atoms with E-state index in [1.165, 1.54) is 0 Å². The van der Waals surface area contributed by atoms with Crippen LogP contribution >= 0.6 is 11.3 Å². The van der Waals surface area contributed by atoms with Gasteiger partial charge in [-0.15, -0.1) is 10.2 Å². The minimum Gasteiger partial charge on any atom is -0.497 e. The first-order valence-electron chi connectivity index (χ1n) is 7.03. The van der Waals surface area contributed by atoms with Crippen molar-refractivity contribution >= 4 is 23.1 Å². The van der Waals surface area contributed by atoms with Gasteiger partial charge < -0.3 is 10.1 Å². The first kappa shape index (κ1) is 15.2. The van der Waals surface area contributed by atoms with Crippen molar-refractivity contribution in [3.63, 3.8) is 0 Å². The third-order valence-electron chi connectivity index (χ3n) is 3.26. The highest BCUT2D eigenvalue weighted by Crippen LogP contribution is 2.20. The Balaban J connectivity index is 1.65. The van der Waals surface area contributed by atoms with Crippen LogP contribution in [-0.4, -0.2) is 23.2 Å². The lowest BCUT2D eigenvalue weighted by molar-refractivity contribution is -0.115.